The van der Waals surface area contributed by atoms with Crippen LogP contribution in [0.4, 0.5) is 0 Å². The Labute approximate surface area is 70.1 Å². The first kappa shape index (κ1) is 8.57. The molecule has 0 atom stereocenters. The minimum atomic E-state index is -0.136. The third-order valence-electron chi connectivity index (χ3n) is 1.25. The summed E-state index contributed by atoms with van der Waals surface area (Å²) >= 11 is 0. The number of nitrogens with one attached hydrogen (secondary N) is 1. The van der Waals surface area contributed by atoms with Crippen LogP contribution in [0.3, 0.4) is 0 Å². The Morgan fingerprint density at radius 1 is 1.50 bits per heavy atom. The van der Waals surface area contributed by atoms with Crippen molar-refractivity contribution in [2.24, 2.45) is 0 Å². The molecule has 1 rings (SSSR count). The van der Waals surface area contributed by atoms with E-state index in [2.05, 4.69) is 16.8 Å². The Morgan fingerprint density at radius 2 is 2.33 bits per heavy atom. The van der Waals surface area contributed by atoms with Gasteiger partial charge in [-0.3, -0.25) is 4.79 Å². The zero-order valence-corrected chi connectivity index (χ0v) is 6.50. The van der Waals surface area contributed by atoms with E-state index in [0.29, 0.717) is 6.42 Å². The number of H-pyrrole nitrogens is 1. The van der Waals surface area contributed by atoms with Gasteiger partial charge in [-0.25, -0.2) is 0 Å². The second-order valence-corrected chi connectivity index (χ2v) is 2.22. The van der Waals surface area contributed by atoms with E-state index in [-0.39, 0.29) is 12.2 Å². The van der Waals surface area contributed by atoms with Crippen LogP contribution in [0.1, 0.15) is 12.0 Å². The summed E-state index contributed by atoms with van der Waals surface area (Å²) < 4.78 is 0. The molecule has 0 saturated carbocycles. The van der Waals surface area contributed by atoms with E-state index >= 15 is 0 Å². The quantitative estimate of drug-likeness (QED) is 0.577. The predicted octanol–water partition coefficient (Wildman–Crippen LogP) is 0.109. The predicted molar refractivity (Wildman–Crippen MR) is 45.6 cm³/mol. The topological polar surface area (TPSA) is 53.1 Å². The zero-order chi connectivity index (χ0) is 8.81. The van der Waals surface area contributed by atoms with Crippen LogP contribution in [-0.4, -0.2) is 16.7 Å². The average Bonchev–Trinajstić information content (AvgIpc) is 2.09. The van der Waals surface area contributed by atoms with Crippen molar-refractivity contribution in [3.8, 4) is 11.8 Å². The molecule has 3 nitrogen and oxygen atoms in total. The Morgan fingerprint density at radius 3 is 2.92 bits per heavy atom. The Hall–Kier alpha value is -1.53. The molecule has 0 aliphatic rings. The molecule has 0 bridgehead atoms. The molecule has 12 heavy (non-hydrogen) atoms. The van der Waals surface area contributed by atoms with Gasteiger partial charge in [-0.15, -0.1) is 0 Å². The lowest BCUT2D eigenvalue weighted by Crippen LogP contribution is -2.01. The van der Waals surface area contributed by atoms with E-state index in [4.69, 9.17) is 5.11 Å². The van der Waals surface area contributed by atoms with Gasteiger partial charge in [0, 0.05) is 24.2 Å². The Kier molecular flexibility index (Phi) is 3.12. The number of hydrogen-bond acceptors (Lipinski definition) is 2. The summed E-state index contributed by atoms with van der Waals surface area (Å²) in [5.74, 6) is 5.54. The fraction of sp³-hybridized carbons (Fsp3) is 0.222. The maximum absolute atomic E-state index is 10.6. The molecule has 3 heteroatoms. The molecule has 0 aliphatic heterocycles. The van der Waals surface area contributed by atoms with Crippen LogP contribution >= 0.6 is 0 Å². The average molecular weight is 163 g/mol. The third kappa shape index (κ3) is 2.60. The van der Waals surface area contributed by atoms with E-state index in [9.17, 15) is 4.79 Å². The molecule has 0 radical (unpaired) electrons. The van der Waals surface area contributed by atoms with E-state index in [1.807, 2.05) is 0 Å². The maximum Gasteiger partial charge on any atom is 0.247 e. The lowest BCUT2D eigenvalue weighted by molar-refractivity contribution is 0.305. The summed E-state index contributed by atoms with van der Waals surface area (Å²) in [4.78, 5) is 13.1. The van der Waals surface area contributed by atoms with Crippen LogP contribution < -0.4 is 5.56 Å². The maximum atomic E-state index is 10.6. The van der Waals surface area contributed by atoms with Crippen LogP contribution in [0.2, 0.25) is 0 Å². The molecule has 0 aromatic carbocycles. The van der Waals surface area contributed by atoms with Crippen molar-refractivity contribution < 1.29 is 5.11 Å². The lowest BCUT2D eigenvalue weighted by Gasteiger charge is -1.86. The highest BCUT2D eigenvalue weighted by Gasteiger charge is 1.84. The second-order valence-electron chi connectivity index (χ2n) is 2.22. The van der Waals surface area contributed by atoms with Crippen LogP contribution in [0.25, 0.3) is 0 Å². The molecule has 0 aliphatic carbocycles. The van der Waals surface area contributed by atoms with Crippen LogP contribution in [0, 0.1) is 11.8 Å². The van der Waals surface area contributed by atoms with Crippen molar-refractivity contribution in [1.29, 1.82) is 0 Å². The van der Waals surface area contributed by atoms with Gasteiger partial charge in [-0.1, -0.05) is 11.8 Å². The van der Waals surface area contributed by atoms with Crippen molar-refractivity contribution >= 4 is 0 Å². The van der Waals surface area contributed by atoms with Crippen LogP contribution in [-0.2, 0) is 0 Å². The summed E-state index contributed by atoms with van der Waals surface area (Å²) in [6, 6.07) is 3.06. The fourth-order valence-corrected chi connectivity index (χ4v) is 0.709. The summed E-state index contributed by atoms with van der Waals surface area (Å²) in [7, 11) is 0. The Balaban J connectivity index is 2.72. The first-order chi connectivity index (χ1) is 5.83. The molecule has 0 unspecified atom stereocenters. The van der Waals surface area contributed by atoms with Gasteiger partial charge in [0.1, 0.15) is 0 Å². The number of aliphatic hydroxyl groups is 1. The van der Waals surface area contributed by atoms with E-state index in [0.717, 1.165) is 5.56 Å². The molecular formula is C9H9NO2. The lowest BCUT2D eigenvalue weighted by atomic mass is 10.3. The monoisotopic (exact) mass is 163 g/mol. The summed E-state index contributed by atoms with van der Waals surface area (Å²) in [5, 5.41) is 8.43. The van der Waals surface area contributed by atoms with Crippen molar-refractivity contribution in [2.75, 3.05) is 6.61 Å². The van der Waals surface area contributed by atoms with Crippen molar-refractivity contribution in [1.82, 2.24) is 4.98 Å². The molecule has 62 valence electrons. The second kappa shape index (κ2) is 4.37. The number of rotatable bonds is 1. The molecule has 0 spiro atoms. The number of aromatic nitrogens is 1. The minimum Gasteiger partial charge on any atom is -0.395 e. The Bertz CT molecular complexity index is 336. The SMILES string of the molecule is O=c1ccc(C#CCCO)c[nH]1. The molecule has 0 saturated heterocycles. The van der Waals surface area contributed by atoms with E-state index in [1.54, 1.807) is 12.3 Å². The smallest absolute Gasteiger partial charge is 0.247 e. The van der Waals surface area contributed by atoms with Crippen LogP contribution in [0.5, 0.6) is 0 Å². The van der Waals surface area contributed by atoms with Gasteiger partial charge in [0.15, 0.2) is 0 Å². The van der Waals surface area contributed by atoms with Crippen molar-refractivity contribution in [3.63, 3.8) is 0 Å². The van der Waals surface area contributed by atoms with Gasteiger partial charge >= 0.3 is 0 Å². The molecule has 1 aromatic heterocycles. The van der Waals surface area contributed by atoms with Gasteiger partial charge in [0.2, 0.25) is 5.56 Å². The number of aliphatic hydroxyl groups excluding tert-OH is 1. The summed E-state index contributed by atoms with van der Waals surface area (Å²) in [6.45, 7) is 0.0658. The molecule has 1 aromatic rings. The highest BCUT2D eigenvalue weighted by Crippen LogP contribution is 1.88. The third-order valence-corrected chi connectivity index (χ3v) is 1.25. The zero-order valence-electron chi connectivity index (χ0n) is 6.50. The van der Waals surface area contributed by atoms with Crippen LogP contribution in [0.15, 0.2) is 23.1 Å². The first-order valence-electron chi connectivity index (χ1n) is 3.61. The van der Waals surface area contributed by atoms with Gasteiger partial charge in [0.05, 0.1) is 6.61 Å². The van der Waals surface area contributed by atoms with Gasteiger partial charge in [-0.05, 0) is 6.07 Å². The molecular weight excluding hydrogens is 154 g/mol. The highest BCUT2D eigenvalue weighted by atomic mass is 16.2. The standard InChI is InChI=1S/C9H9NO2/c11-6-2-1-3-8-4-5-9(12)10-7-8/h4-5,7,11H,2,6H2,(H,10,12). The largest absolute Gasteiger partial charge is 0.395 e. The molecule has 0 fully saturated rings. The highest BCUT2D eigenvalue weighted by molar-refractivity contribution is 5.30. The molecule has 2 N–H and O–H groups in total. The number of pyridine rings is 1. The molecule has 1 heterocycles. The number of aromatic amines is 1. The summed E-state index contributed by atoms with van der Waals surface area (Å²) in [6.07, 6.45) is 2.01. The van der Waals surface area contributed by atoms with E-state index in [1.165, 1.54) is 6.07 Å². The fourth-order valence-electron chi connectivity index (χ4n) is 0.709. The number of hydrogen-bond donors (Lipinski definition) is 2. The van der Waals surface area contributed by atoms with Gasteiger partial charge < -0.3 is 10.1 Å². The summed E-state index contributed by atoms with van der Waals surface area (Å²) in [5.41, 5.74) is 0.616. The van der Waals surface area contributed by atoms with Crippen molar-refractivity contribution in [3.05, 3.63) is 34.2 Å². The minimum absolute atomic E-state index is 0.0658. The van der Waals surface area contributed by atoms with Crippen molar-refractivity contribution in [2.45, 2.75) is 6.42 Å². The molecule has 0 amide bonds. The van der Waals surface area contributed by atoms with E-state index < -0.39 is 0 Å². The normalized spacial score (nSPS) is 8.75. The van der Waals surface area contributed by atoms with Gasteiger partial charge in [0.25, 0.3) is 0 Å². The van der Waals surface area contributed by atoms with Gasteiger partial charge in [-0.2, -0.15) is 0 Å². The first-order valence-corrected chi connectivity index (χ1v) is 3.61.